The van der Waals surface area contributed by atoms with E-state index in [1.165, 1.54) is 11.3 Å². The number of hydrogen-bond acceptors (Lipinski definition) is 2. The van der Waals surface area contributed by atoms with Gasteiger partial charge in [-0.1, -0.05) is 32.0 Å². The number of fused-ring (bicyclic) bond motifs is 1. The van der Waals surface area contributed by atoms with Crippen LogP contribution in [-0.2, 0) is 6.42 Å². The van der Waals surface area contributed by atoms with E-state index in [-0.39, 0.29) is 12.1 Å². The minimum atomic E-state index is -0.228. The molecule has 0 aliphatic carbocycles. The van der Waals surface area contributed by atoms with Crippen LogP contribution in [0.15, 0.2) is 24.3 Å². The lowest BCUT2D eigenvalue weighted by Gasteiger charge is -2.31. The zero-order valence-electron chi connectivity index (χ0n) is 10.1. The van der Waals surface area contributed by atoms with Crippen molar-refractivity contribution in [3.63, 3.8) is 0 Å². The third-order valence-electron chi connectivity index (χ3n) is 3.26. The quantitative estimate of drug-likeness (QED) is 0.819. The Labute approximate surface area is 97.7 Å². The van der Waals surface area contributed by atoms with Gasteiger partial charge in [-0.3, -0.25) is 0 Å². The van der Waals surface area contributed by atoms with Gasteiger partial charge in [0.25, 0.3) is 0 Å². The second-order valence-electron chi connectivity index (χ2n) is 5.14. The Hall–Kier alpha value is -1.02. The van der Waals surface area contributed by atoms with Crippen LogP contribution in [0.3, 0.4) is 0 Å². The number of benzene rings is 1. The maximum Gasteiger partial charge on any atom is 0.0743 e. The second kappa shape index (κ2) is 4.88. The van der Waals surface area contributed by atoms with Gasteiger partial charge in [0.2, 0.25) is 0 Å². The fraction of sp³-hybridized carbons (Fsp3) is 0.571. The summed E-state index contributed by atoms with van der Waals surface area (Å²) < 4.78 is 0. The number of rotatable bonds is 3. The van der Waals surface area contributed by atoms with Gasteiger partial charge in [0.15, 0.2) is 0 Å². The van der Waals surface area contributed by atoms with E-state index in [1.807, 2.05) is 6.07 Å². The van der Waals surface area contributed by atoms with Gasteiger partial charge in [-0.2, -0.15) is 0 Å². The number of anilines is 1. The van der Waals surface area contributed by atoms with Crippen molar-refractivity contribution in [3.05, 3.63) is 29.8 Å². The summed E-state index contributed by atoms with van der Waals surface area (Å²) in [5.74, 6) is 0.550. The molecule has 1 heterocycles. The van der Waals surface area contributed by atoms with E-state index >= 15 is 0 Å². The number of para-hydroxylation sites is 1. The van der Waals surface area contributed by atoms with Gasteiger partial charge < -0.3 is 10.4 Å². The molecule has 0 saturated carbocycles. The Kier molecular flexibility index (Phi) is 3.49. The molecule has 0 bridgehead atoms. The number of aliphatic hydroxyl groups is 1. The normalized spacial score (nSPS) is 21.4. The predicted octanol–water partition coefficient (Wildman–Crippen LogP) is 2.82. The molecule has 0 amide bonds. The standard InChI is InChI=1S/C14H21NO/c1-10(2)9-14(16)13-8-7-11-5-3-4-6-12(11)15-13/h3-6,10,13-16H,7-9H2,1-2H3. The molecule has 2 atom stereocenters. The van der Waals surface area contributed by atoms with Crippen molar-refractivity contribution in [1.82, 2.24) is 0 Å². The highest BCUT2D eigenvalue weighted by Crippen LogP contribution is 2.26. The lowest BCUT2D eigenvalue weighted by atomic mass is 9.91. The van der Waals surface area contributed by atoms with Crippen LogP contribution < -0.4 is 5.32 Å². The van der Waals surface area contributed by atoms with Crippen LogP contribution in [0.4, 0.5) is 5.69 Å². The van der Waals surface area contributed by atoms with Crippen LogP contribution in [0, 0.1) is 5.92 Å². The molecule has 16 heavy (non-hydrogen) atoms. The molecule has 2 rings (SSSR count). The Morgan fingerprint density at radius 1 is 1.38 bits per heavy atom. The van der Waals surface area contributed by atoms with E-state index in [0.717, 1.165) is 19.3 Å². The lowest BCUT2D eigenvalue weighted by molar-refractivity contribution is 0.123. The van der Waals surface area contributed by atoms with Gasteiger partial charge in [-0.15, -0.1) is 0 Å². The monoisotopic (exact) mass is 219 g/mol. The molecule has 0 aromatic heterocycles. The van der Waals surface area contributed by atoms with Crippen molar-refractivity contribution < 1.29 is 5.11 Å². The van der Waals surface area contributed by atoms with E-state index in [9.17, 15) is 5.11 Å². The van der Waals surface area contributed by atoms with Gasteiger partial charge in [0.1, 0.15) is 0 Å². The third-order valence-corrected chi connectivity index (χ3v) is 3.26. The maximum absolute atomic E-state index is 10.1. The topological polar surface area (TPSA) is 32.3 Å². The molecule has 0 radical (unpaired) electrons. The van der Waals surface area contributed by atoms with Crippen LogP contribution in [0.5, 0.6) is 0 Å². The number of aryl methyl sites for hydroxylation is 1. The third kappa shape index (κ3) is 2.56. The first-order chi connectivity index (χ1) is 7.66. The lowest BCUT2D eigenvalue weighted by Crippen LogP contribution is -2.37. The SMILES string of the molecule is CC(C)CC(O)C1CCc2ccccc2N1. The van der Waals surface area contributed by atoms with E-state index in [4.69, 9.17) is 0 Å². The largest absolute Gasteiger partial charge is 0.391 e. The zero-order chi connectivity index (χ0) is 11.5. The first kappa shape index (κ1) is 11.5. The van der Waals surface area contributed by atoms with Crippen molar-refractivity contribution in [1.29, 1.82) is 0 Å². The fourth-order valence-electron chi connectivity index (χ4n) is 2.40. The van der Waals surface area contributed by atoms with Crippen LogP contribution in [0.1, 0.15) is 32.3 Å². The molecule has 2 unspecified atom stereocenters. The number of hydrogen-bond donors (Lipinski definition) is 2. The first-order valence-corrected chi connectivity index (χ1v) is 6.19. The van der Waals surface area contributed by atoms with Gasteiger partial charge >= 0.3 is 0 Å². The minimum Gasteiger partial charge on any atom is -0.391 e. The maximum atomic E-state index is 10.1. The van der Waals surface area contributed by atoms with Crippen LogP contribution in [0.25, 0.3) is 0 Å². The van der Waals surface area contributed by atoms with E-state index < -0.39 is 0 Å². The average Bonchev–Trinajstić information content (AvgIpc) is 2.27. The van der Waals surface area contributed by atoms with E-state index in [0.29, 0.717) is 5.92 Å². The number of aliphatic hydroxyl groups excluding tert-OH is 1. The summed E-state index contributed by atoms with van der Waals surface area (Å²) in [6.45, 7) is 4.31. The summed E-state index contributed by atoms with van der Waals surface area (Å²) in [5, 5.41) is 13.6. The van der Waals surface area contributed by atoms with Gasteiger partial charge in [-0.05, 0) is 36.8 Å². The average molecular weight is 219 g/mol. The molecule has 2 nitrogen and oxygen atoms in total. The molecule has 1 aliphatic heterocycles. The Bertz CT molecular complexity index is 348. The summed E-state index contributed by atoms with van der Waals surface area (Å²) in [5.41, 5.74) is 2.57. The molecule has 1 aliphatic rings. The van der Waals surface area contributed by atoms with Crippen molar-refractivity contribution in [3.8, 4) is 0 Å². The van der Waals surface area contributed by atoms with Gasteiger partial charge in [0, 0.05) is 5.69 Å². The van der Waals surface area contributed by atoms with E-state index in [2.05, 4.69) is 37.4 Å². The Morgan fingerprint density at radius 3 is 2.88 bits per heavy atom. The molecule has 0 fully saturated rings. The Balaban J connectivity index is 2.02. The van der Waals surface area contributed by atoms with Crippen molar-refractivity contribution in [2.45, 2.75) is 45.3 Å². The van der Waals surface area contributed by atoms with Crippen LogP contribution in [0.2, 0.25) is 0 Å². The highest BCUT2D eigenvalue weighted by Gasteiger charge is 2.24. The molecule has 0 saturated heterocycles. The first-order valence-electron chi connectivity index (χ1n) is 6.19. The summed E-state index contributed by atoms with van der Waals surface area (Å²) in [7, 11) is 0. The molecule has 2 N–H and O–H groups in total. The highest BCUT2D eigenvalue weighted by atomic mass is 16.3. The van der Waals surface area contributed by atoms with Gasteiger partial charge in [-0.25, -0.2) is 0 Å². The smallest absolute Gasteiger partial charge is 0.0743 e. The summed E-state index contributed by atoms with van der Waals surface area (Å²) >= 11 is 0. The molecular formula is C14H21NO. The summed E-state index contributed by atoms with van der Waals surface area (Å²) in [6, 6.07) is 8.60. The second-order valence-corrected chi connectivity index (χ2v) is 5.14. The van der Waals surface area contributed by atoms with E-state index in [1.54, 1.807) is 0 Å². The Morgan fingerprint density at radius 2 is 2.12 bits per heavy atom. The van der Waals surface area contributed by atoms with Crippen LogP contribution in [-0.4, -0.2) is 17.3 Å². The molecule has 2 heteroatoms. The van der Waals surface area contributed by atoms with Crippen molar-refractivity contribution in [2.75, 3.05) is 5.32 Å². The molecular weight excluding hydrogens is 198 g/mol. The molecule has 0 spiro atoms. The highest BCUT2D eigenvalue weighted by molar-refractivity contribution is 5.53. The molecule has 88 valence electrons. The van der Waals surface area contributed by atoms with Crippen LogP contribution >= 0.6 is 0 Å². The molecule has 1 aromatic rings. The minimum absolute atomic E-state index is 0.220. The predicted molar refractivity (Wildman–Crippen MR) is 67.6 cm³/mol. The zero-order valence-corrected chi connectivity index (χ0v) is 10.1. The van der Waals surface area contributed by atoms with Crippen molar-refractivity contribution in [2.24, 2.45) is 5.92 Å². The molecule has 1 aromatic carbocycles. The van der Waals surface area contributed by atoms with Gasteiger partial charge in [0.05, 0.1) is 12.1 Å². The van der Waals surface area contributed by atoms with Crippen molar-refractivity contribution >= 4 is 5.69 Å². The fourth-order valence-corrected chi connectivity index (χ4v) is 2.40. The summed E-state index contributed by atoms with van der Waals surface area (Å²) in [4.78, 5) is 0. The number of nitrogens with one attached hydrogen (secondary N) is 1. The summed E-state index contributed by atoms with van der Waals surface area (Å²) in [6.07, 6.45) is 2.75.